The number of likely N-dealkylation sites (N-methyl/N-ethyl adjacent to an activating group) is 1. The number of imidazole rings is 1. The van der Waals surface area contributed by atoms with Crippen molar-refractivity contribution in [2.75, 3.05) is 20.1 Å². The van der Waals surface area contributed by atoms with Crippen LogP contribution in [-0.4, -0.2) is 69.8 Å². The fraction of sp³-hybridized carbons (Fsp3) is 0.684. The Balaban J connectivity index is 0.000000339. The first-order valence-corrected chi connectivity index (χ1v) is 10.1. The van der Waals surface area contributed by atoms with E-state index in [2.05, 4.69) is 10.3 Å². The number of aromatic nitrogens is 2. The van der Waals surface area contributed by atoms with Crippen LogP contribution in [0.1, 0.15) is 37.9 Å². The van der Waals surface area contributed by atoms with E-state index in [-0.39, 0.29) is 17.7 Å². The molecule has 1 spiro atoms. The van der Waals surface area contributed by atoms with Gasteiger partial charge in [0.1, 0.15) is 11.4 Å². The maximum atomic E-state index is 12.5. The lowest BCUT2D eigenvalue weighted by Gasteiger charge is -2.46. The van der Waals surface area contributed by atoms with Crippen molar-refractivity contribution in [3.05, 3.63) is 18.2 Å². The molecule has 2 aliphatic heterocycles. The second-order valence-corrected chi connectivity index (χ2v) is 7.87. The largest absolute Gasteiger partial charge is 0.490 e. The number of nitrogens with one attached hydrogen (secondary N) is 1. The summed E-state index contributed by atoms with van der Waals surface area (Å²) in [5.74, 6) is -1.46. The second-order valence-electron chi connectivity index (χ2n) is 7.87. The number of nitrogens with zero attached hydrogens (tertiary/aromatic N) is 3. The molecule has 1 aliphatic carbocycles. The number of carbonyl (C=O) groups is 3. The Bertz CT molecular complexity index is 829. The van der Waals surface area contributed by atoms with Crippen molar-refractivity contribution in [1.82, 2.24) is 19.8 Å². The smallest absolute Gasteiger partial charge is 0.475 e. The van der Waals surface area contributed by atoms with E-state index < -0.39 is 23.9 Å². The molecule has 3 heterocycles. The molecule has 4 rings (SSSR count). The fourth-order valence-electron chi connectivity index (χ4n) is 4.04. The number of ether oxygens (including phenoxy) is 1. The Morgan fingerprint density at radius 3 is 2.35 bits per heavy atom. The zero-order chi connectivity index (χ0) is 22.8. The first-order chi connectivity index (χ1) is 14.6. The average Bonchev–Trinajstić information content (AvgIpc) is 3.16. The van der Waals surface area contributed by atoms with Crippen LogP contribution in [0.15, 0.2) is 12.4 Å². The van der Waals surface area contributed by atoms with E-state index in [9.17, 15) is 22.8 Å². The van der Waals surface area contributed by atoms with Crippen LogP contribution in [-0.2, 0) is 31.3 Å². The fourth-order valence-corrected chi connectivity index (χ4v) is 4.04. The summed E-state index contributed by atoms with van der Waals surface area (Å²) in [4.78, 5) is 39.9. The molecule has 1 aromatic rings. The molecule has 1 aromatic heterocycles. The minimum absolute atomic E-state index is 0.110. The molecule has 2 N–H and O–H groups in total. The van der Waals surface area contributed by atoms with Crippen molar-refractivity contribution in [1.29, 1.82) is 0 Å². The Hall–Kier alpha value is -2.63. The molecular formula is C19H25F3N4O5. The third-order valence-electron chi connectivity index (χ3n) is 5.97. The van der Waals surface area contributed by atoms with Gasteiger partial charge in [0, 0.05) is 51.3 Å². The lowest BCUT2D eigenvalue weighted by molar-refractivity contribution is -0.192. The van der Waals surface area contributed by atoms with Gasteiger partial charge in [0.25, 0.3) is 5.91 Å². The number of hydrogen-bond acceptors (Lipinski definition) is 5. The molecule has 2 fully saturated rings. The van der Waals surface area contributed by atoms with Crippen LogP contribution in [0.4, 0.5) is 13.2 Å². The minimum Gasteiger partial charge on any atom is -0.475 e. The van der Waals surface area contributed by atoms with Crippen molar-refractivity contribution in [2.24, 2.45) is 5.92 Å². The molecule has 3 aliphatic rings. The number of aliphatic carboxylic acids is 1. The average molecular weight is 446 g/mol. The first-order valence-electron chi connectivity index (χ1n) is 10.1. The Morgan fingerprint density at radius 2 is 1.87 bits per heavy atom. The molecule has 172 valence electrons. The molecule has 0 aromatic carbocycles. The third kappa shape index (κ3) is 4.83. The predicted octanol–water partition coefficient (Wildman–Crippen LogP) is 1.28. The predicted molar refractivity (Wildman–Crippen MR) is 99.7 cm³/mol. The van der Waals surface area contributed by atoms with Gasteiger partial charge in [-0.15, -0.1) is 0 Å². The molecule has 12 heteroatoms. The number of piperidine rings is 1. The number of hydrogen-bond donors (Lipinski definition) is 2. The molecular weight excluding hydrogens is 421 g/mol. The van der Waals surface area contributed by atoms with E-state index in [0.29, 0.717) is 32.5 Å². The highest BCUT2D eigenvalue weighted by Gasteiger charge is 2.48. The zero-order valence-corrected chi connectivity index (χ0v) is 17.0. The Labute approximate surface area is 176 Å². The SMILES string of the molecule is CNC(=O)C1Cn2ccnc2C2(CCN(C(=O)C3CCC3)CC2)O1.O=C(O)C(F)(F)F. The van der Waals surface area contributed by atoms with Crippen LogP contribution in [0, 0.1) is 5.92 Å². The van der Waals surface area contributed by atoms with E-state index in [1.54, 1.807) is 13.2 Å². The molecule has 0 bridgehead atoms. The van der Waals surface area contributed by atoms with Crippen molar-refractivity contribution >= 4 is 17.8 Å². The van der Waals surface area contributed by atoms with E-state index in [4.69, 9.17) is 14.6 Å². The lowest BCUT2D eigenvalue weighted by atomic mass is 9.82. The van der Waals surface area contributed by atoms with Gasteiger partial charge in [-0.1, -0.05) is 6.42 Å². The molecule has 1 unspecified atom stereocenters. The molecule has 1 saturated heterocycles. The molecule has 9 nitrogen and oxygen atoms in total. The summed E-state index contributed by atoms with van der Waals surface area (Å²) in [6.45, 7) is 1.83. The molecule has 2 amide bonds. The number of carboxylic acid groups (broad SMARTS) is 1. The Kier molecular flexibility index (Phi) is 6.58. The van der Waals surface area contributed by atoms with Crippen LogP contribution in [0.25, 0.3) is 0 Å². The zero-order valence-electron chi connectivity index (χ0n) is 17.0. The van der Waals surface area contributed by atoms with Gasteiger partial charge in [0.05, 0.1) is 6.54 Å². The Morgan fingerprint density at radius 1 is 1.26 bits per heavy atom. The van der Waals surface area contributed by atoms with Crippen LogP contribution >= 0.6 is 0 Å². The molecule has 1 saturated carbocycles. The number of halogens is 3. The van der Waals surface area contributed by atoms with Crippen LogP contribution in [0.3, 0.4) is 0 Å². The summed E-state index contributed by atoms with van der Waals surface area (Å²) >= 11 is 0. The summed E-state index contributed by atoms with van der Waals surface area (Å²) in [5.41, 5.74) is -0.560. The van der Waals surface area contributed by atoms with Crippen LogP contribution in [0.5, 0.6) is 0 Å². The van der Waals surface area contributed by atoms with Gasteiger partial charge in [0.2, 0.25) is 5.91 Å². The quantitative estimate of drug-likeness (QED) is 0.708. The number of alkyl halides is 3. The lowest BCUT2D eigenvalue weighted by Crippen LogP contribution is -2.55. The highest BCUT2D eigenvalue weighted by Crippen LogP contribution is 2.41. The minimum atomic E-state index is -5.08. The van der Waals surface area contributed by atoms with E-state index in [1.165, 1.54) is 6.42 Å². The molecule has 31 heavy (non-hydrogen) atoms. The summed E-state index contributed by atoms with van der Waals surface area (Å²) in [5, 5.41) is 9.80. The highest BCUT2D eigenvalue weighted by atomic mass is 19.4. The standard InChI is InChI=1S/C17H24N4O3.C2HF3O2/c1-18-14(22)13-11-21-10-7-19-16(21)17(24-13)5-8-20(9-6-17)15(23)12-3-2-4-12;3-2(4,5)1(6)7/h7,10,12-13H,2-6,8-9,11H2,1H3,(H,18,22);(H,6,7). The first kappa shape index (κ1) is 23.0. The van der Waals surface area contributed by atoms with Gasteiger partial charge in [-0.25, -0.2) is 9.78 Å². The second kappa shape index (κ2) is 8.85. The topological polar surface area (TPSA) is 114 Å². The van der Waals surface area contributed by atoms with Crippen molar-refractivity contribution in [2.45, 2.75) is 56.5 Å². The van der Waals surface area contributed by atoms with Crippen molar-refractivity contribution in [3.63, 3.8) is 0 Å². The van der Waals surface area contributed by atoms with Crippen molar-refractivity contribution in [3.8, 4) is 0 Å². The monoisotopic (exact) mass is 446 g/mol. The molecule has 1 atom stereocenters. The maximum absolute atomic E-state index is 12.5. The maximum Gasteiger partial charge on any atom is 0.490 e. The number of carbonyl (C=O) groups excluding carboxylic acids is 2. The summed E-state index contributed by atoms with van der Waals surface area (Å²) in [7, 11) is 1.63. The summed E-state index contributed by atoms with van der Waals surface area (Å²) < 4.78 is 40.0. The number of likely N-dealkylation sites (tertiary alicyclic amines) is 1. The highest BCUT2D eigenvalue weighted by molar-refractivity contribution is 5.81. The van der Waals surface area contributed by atoms with Gasteiger partial charge in [-0.2, -0.15) is 13.2 Å². The van der Waals surface area contributed by atoms with Gasteiger partial charge < -0.3 is 24.6 Å². The number of fused-ring (bicyclic) bond motifs is 2. The van der Waals surface area contributed by atoms with E-state index >= 15 is 0 Å². The summed E-state index contributed by atoms with van der Waals surface area (Å²) in [6, 6.07) is 0. The number of carboxylic acids is 1. The number of amides is 2. The van der Waals surface area contributed by atoms with Gasteiger partial charge in [-0.3, -0.25) is 9.59 Å². The van der Waals surface area contributed by atoms with E-state index in [0.717, 1.165) is 18.7 Å². The third-order valence-corrected chi connectivity index (χ3v) is 5.97. The van der Waals surface area contributed by atoms with E-state index in [1.807, 2.05) is 15.7 Å². The van der Waals surface area contributed by atoms with Crippen LogP contribution < -0.4 is 5.32 Å². The van der Waals surface area contributed by atoms with Gasteiger partial charge in [0.15, 0.2) is 6.10 Å². The summed E-state index contributed by atoms with van der Waals surface area (Å²) in [6.07, 6.45) is 2.68. The van der Waals surface area contributed by atoms with Gasteiger partial charge in [-0.05, 0) is 12.8 Å². The van der Waals surface area contributed by atoms with Crippen molar-refractivity contribution < 1.29 is 37.4 Å². The number of rotatable bonds is 2. The normalized spacial score (nSPS) is 22.6. The van der Waals surface area contributed by atoms with Crippen LogP contribution in [0.2, 0.25) is 0 Å². The molecule has 0 radical (unpaired) electrons. The van der Waals surface area contributed by atoms with Gasteiger partial charge >= 0.3 is 12.1 Å².